The molecule has 1 N–H and O–H groups in total. The molecule has 1 aromatic heterocycles. The Morgan fingerprint density at radius 1 is 1.17 bits per heavy atom. The molecule has 2 saturated heterocycles. The average molecular weight is 414 g/mol. The van der Waals surface area contributed by atoms with E-state index in [4.69, 9.17) is 4.74 Å². The highest BCUT2D eigenvalue weighted by atomic mass is 32.1. The molecule has 4 rings (SSSR count). The number of ether oxygens (including phenoxy) is 1. The Kier molecular flexibility index (Phi) is 6.63. The molecule has 0 aliphatic carbocycles. The number of nitrogens with one attached hydrogen (secondary N) is 1. The second-order valence-corrected chi connectivity index (χ2v) is 9.35. The summed E-state index contributed by atoms with van der Waals surface area (Å²) in [6.45, 7) is 6.63. The smallest absolute Gasteiger partial charge is 0.224 e. The van der Waals surface area contributed by atoms with Crippen LogP contribution in [0.4, 0.5) is 0 Å². The van der Waals surface area contributed by atoms with Gasteiger partial charge < -0.3 is 10.1 Å². The number of benzene rings is 1. The van der Waals surface area contributed by atoms with E-state index < -0.39 is 0 Å². The molecule has 2 fully saturated rings. The topological polar surface area (TPSA) is 54.5 Å². The van der Waals surface area contributed by atoms with Crippen LogP contribution in [0.1, 0.15) is 42.7 Å². The predicted molar refractivity (Wildman–Crippen MR) is 117 cm³/mol. The lowest BCUT2D eigenvalue weighted by molar-refractivity contribution is -0.122. The van der Waals surface area contributed by atoms with Crippen LogP contribution in [-0.2, 0) is 16.0 Å². The van der Waals surface area contributed by atoms with E-state index in [-0.39, 0.29) is 11.4 Å². The second-order valence-electron chi connectivity index (χ2n) is 8.29. The molecule has 0 bridgehead atoms. The Labute approximate surface area is 177 Å². The minimum absolute atomic E-state index is 0.0701. The van der Waals surface area contributed by atoms with Crippen molar-refractivity contribution in [3.05, 3.63) is 40.2 Å². The van der Waals surface area contributed by atoms with Crippen molar-refractivity contribution in [1.29, 1.82) is 0 Å². The van der Waals surface area contributed by atoms with Gasteiger partial charge in [-0.05, 0) is 51.3 Å². The average Bonchev–Trinajstić information content (AvgIpc) is 3.20. The van der Waals surface area contributed by atoms with E-state index in [0.29, 0.717) is 6.42 Å². The van der Waals surface area contributed by atoms with E-state index in [9.17, 15) is 4.79 Å². The molecule has 3 heterocycles. The number of carbonyl (C=O) groups excluding carboxylic acids is 1. The molecule has 2 aromatic rings. The highest BCUT2D eigenvalue weighted by molar-refractivity contribution is 7.09. The molecule has 6 heteroatoms. The van der Waals surface area contributed by atoms with Gasteiger partial charge >= 0.3 is 0 Å². The van der Waals surface area contributed by atoms with E-state index in [1.165, 1.54) is 19.3 Å². The van der Waals surface area contributed by atoms with Crippen LogP contribution in [0, 0.1) is 6.92 Å². The maximum atomic E-state index is 12.7. The van der Waals surface area contributed by atoms with Crippen LogP contribution in [-0.4, -0.2) is 54.2 Å². The van der Waals surface area contributed by atoms with Gasteiger partial charge in [-0.1, -0.05) is 30.7 Å². The molecule has 1 amide bonds. The van der Waals surface area contributed by atoms with Crippen molar-refractivity contribution in [3.63, 3.8) is 0 Å². The van der Waals surface area contributed by atoms with Crippen molar-refractivity contribution in [3.8, 4) is 11.3 Å². The zero-order valence-electron chi connectivity index (χ0n) is 17.3. The van der Waals surface area contributed by atoms with E-state index in [0.717, 1.165) is 67.5 Å². The molecule has 156 valence electrons. The first-order valence-corrected chi connectivity index (χ1v) is 11.6. The first-order valence-electron chi connectivity index (χ1n) is 10.8. The zero-order valence-corrected chi connectivity index (χ0v) is 18.1. The van der Waals surface area contributed by atoms with Gasteiger partial charge in [-0.15, -0.1) is 11.3 Å². The Balaban J connectivity index is 1.34. The summed E-state index contributed by atoms with van der Waals surface area (Å²) in [6, 6.07) is 8.20. The van der Waals surface area contributed by atoms with Gasteiger partial charge in [0.05, 0.1) is 17.1 Å². The van der Waals surface area contributed by atoms with Crippen LogP contribution >= 0.6 is 11.3 Å². The molecule has 0 radical (unpaired) electrons. The van der Waals surface area contributed by atoms with Gasteiger partial charge in [0, 0.05) is 36.2 Å². The molecule has 0 atom stereocenters. The number of hydrogen-bond donors (Lipinski definition) is 1. The van der Waals surface area contributed by atoms with Crippen LogP contribution in [0.5, 0.6) is 0 Å². The molecule has 5 nitrogen and oxygen atoms in total. The first-order chi connectivity index (χ1) is 14.1. The number of nitrogens with zero attached hydrogens (tertiary/aromatic N) is 2. The third-order valence-electron chi connectivity index (χ3n) is 6.30. The number of amides is 1. The third kappa shape index (κ3) is 5.05. The summed E-state index contributed by atoms with van der Waals surface area (Å²) in [7, 11) is 0. The van der Waals surface area contributed by atoms with Crippen LogP contribution in [0.3, 0.4) is 0 Å². The number of carbonyl (C=O) groups is 1. The first kappa shape index (κ1) is 20.5. The molecular weight excluding hydrogens is 382 g/mol. The van der Waals surface area contributed by atoms with Crippen molar-refractivity contribution < 1.29 is 9.53 Å². The van der Waals surface area contributed by atoms with Gasteiger partial charge in [0.2, 0.25) is 5.91 Å². The van der Waals surface area contributed by atoms with E-state index in [1.807, 2.05) is 19.1 Å². The van der Waals surface area contributed by atoms with Crippen LogP contribution < -0.4 is 5.32 Å². The Morgan fingerprint density at radius 2 is 1.90 bits per heavy atom. The van der Waals surface area contributed by atoms with E-state index in [1.54, 1.807) is 11.3 Å². The van der Waals surface area contributed by atoms with Gasteiger partial charge in [-0.25, -0.2) is 4.98 Å². The molecule has 0 unspecified atom stereocenters. The number of aryl methyl sites for hydroxylation is 1. The lowest BCUT2D eigenvalue weighted by Crippen LogP contribution is -2.59. The van der Waals surface area contributed by atoms with Gasteiger partial charge in [0.25, 0.3) is 0 Å². The largest absolute Gasteiger partial charge is 0.381 e. The van der Waals surface area contributed by atoms with Gasteiger partial charge in [-0.3, -0.25) is 9.69 Å². The number of thiazole rings is 1. The van der Waals surface area contributed by atoms with Gasteiger partial charge in [-0.2, -0.15) is 0 Å². The minimum Gasteiger partial charge on any atom is -0.381 e. The van der Waals surface area contributed by atoms with Gasteiger partial charge in [0.15, 0.2) is 0 Å². The van der Waals surface area contributed by atoms with Crippen LogP contribution in [0.25, 0.3) is 11.3 Å². The van der Waals surface area contributed by atoms with Crippen molar-refractivity contribution in [1.82, 2.24) is 15.2 Å². The number of aromatic nitrogens is 1. The third-order valence-corrected chi connectivity index (χ3v) is 7.07. The SMILES string of the molecule is Cc1nc(-c2ccc(CC(=O)NCC3(N4CCCCC4)CCOCC3)cc2)cs1. The van der Waals surface area contributed by atoms with Crippen molar-refractivity contribution >= 4 is 17.2 Å². The number of piperidine rings is 1. The lowest BCUT2D eigenvalue weighted by atomic mass is 9.86. The molecule has 29 heavy (non-hydrogen) atoms. The maximum absolute atomic E-state index is 12.7. The molecule has 0 saturated carbocycles. The fraction of sp³-hybridized carbons (Fsp3) is 0.565. The summed E-state index contributed by atoms with van der Waals surface area (Å²) in [4.78, 5) is 19.8. The summed E-state index contributed by atoms with van der Waals surface area (Å²) < 4.78 is 5.62. The van der Waals surface area contributed by atoms with E-state index in [2.05, 4.69) is 32.7 Å². The fourth-order valence-corrected chi connectivity index (χ4v) is 5.15. The van der Waals surface area contributed by atoms with Crippen molar-refractivity contribution in [2.75, 3.05) is 32.8 Å². The summed E-state index contributed by atoms with van der Waals surface area (Å²) in [6.07, 6.45) is 6.29. The van der Waals surface area contributed by atoms with E-state index >= 15 is 0 Å². The predicted octanol–water partition coefficient (Wildman–Crippen LogP) is 3.81. The van der Waals surface area contributed by atoms with Gasteiger partial charge in [0.1, 0.15) is 0 Å². The quantitative estimate of drug-likeness (QED) is 0.782. The highest BCUT2D eigenvalue weighted by Gasteiger charge is 2.39. The summed E-state index contributed by atoms with van der Waals surface area (Å²) in [5.74, 6) is 0.102. The Hall–Kier alpha value is -1.76. The summed E-state index contributed by atoms with van der Waals surface area (Å²) in [5, 5.41) is 6.38. The number of rotatable bonds is 6. The molecule has 2 aliphatic heterocycles. The second kappa shape index (κ2) is 9.37. The van der Waals surface area contributed by atoms with Crippen LogP contribution in [0.15, 0.2) is 29.6 Å². The lowest BCUT2D eigenvalue weighted by Gasteiger charge is -2.48. The Morgan fingerprint density at radius 3 is 2.55 bits per heavy atom. The number of hydrogen-bond acceptors (Lipinski definition) is 5. The zero-order chi connectivity index (χ0) is 20.1. The van der Waals surface area contributed by atoms with Crippen LogP contribution in [0.2, 0.25) is 0 Å². The normalized spacial score (nSPS) is 19.8. The fourth-order valence-electron chi connectivity index (χ4n) is 4.52. The summed E-state index contributed by atoms with van der Waals surface area (Å²) >= 11 is 1.66. The minimum atomic E-state index is 0.0701. The standard InChI is InChI=1S/C23H31N3O2S/c1-18-25-21(16-29-18)20-7-5-19(6-8-20)15-22(27)24-17-23(9-13-28-14-10-23)26-11-3-2-4-12-26/h5-8,16H,2-4,9-15,17H2,1H3,(H,24,27). The number of likely N-dealkylation sites (tertiary alicyclic amines) is 1. The maximum Gasteiger partial charge on any atom is 0.224 e. The molecule has 2 aliphatic rings. The molecule has 0 spiro atoms. The summed E-state index contributed by atoms with van der Waals surface area (Å²) in [5.41, 5.74) is 3.22. The Bertz CT molecular complexity index is 806. The molecule has 1 aromatic carbocycles. The highest BCUT2D eigenvalue weighted by Crippen LogP contribution is 2.30. The van der Waals surface area contributed by atoms with Crippen molar-refractivity contribution in [2.24, 2.45) is 0 Å². The van der Waals surface area contributed by atoms with Crippen molar-refractivity contribution in [2.45, 2.75) is 51.0 Å². The molecular formula is C23H31N3O2S. The monoisotopic (exact) mass is 413 g/mol.